The van der Waals surface area contributed by atoms with Gasteiger partial charge in [-0.15, -0.1) is 0 Å². The van der Waals surface area contributed by atoms with Gasteiger partial charge >= 0.3 is 5.63 Å². The van der Waals surface area contributed by atoms with Gasteiger partial charge in [-0.2, -0.15) is 0 Å². The lowest BCUT2D eigenvalue weighted by molar-refractivity contribution is -0.398. The van der Waals surface area contributed by atoms with Crippen LogP contribution in [0.2, 0.25) is 0 Å². The number of nitro benzene ring substituents is 1. The number of nitro groups is 1. The van der Waals surface area contributed by atoms with Crippen LogP contribution >= 0.6 is 0 Å². The van der Waals surface area contributed by atoms with Gasteiger partial charge in [-0.25, -0.2) is 4.79 Å². The van der Waals surface area contributed by atoms with Gasteiger partial charge in [-0.05, 0) is 30.7 Å². The van der Waals surface area contributed by atoms with Gasteiger partial charge in [-0.3, -0.25) is 10.1 Å². The van der Waals surface area contributed by atoms with Gasteiger partial charge in [0.25, 0.3) is 5.69 Å². The van der Waals surface area contributed by atoms with Gasteiger partial charge in [0, 0.05) is 17.5 Å². The van der Waals surface area contributed by atoms with Crippen molar-refractivity contribution in [1.29, 1.82) is 0 Å². The van der Waals surface area contributed by atoms with E-state index in [-0.39, 0.29) is 11.1 Å². The average Bonchev–Trinajstić information content (AvgIpc) is 2.23. The van der Waals surface area contributed by atoms with Crippen molar-refractivity contribution in [3.63, 3.8) is 0 Å². The predicted molar refractivity (Wildman–Crippen MR) is 58.1 cm³/mol. The Morgan fingerprint density at radius 3 is 2.53 bits per heavy atom. The lowest BCUT2D eigenvalue weighted by Gasteiger charge is -2.13. The maximum Gasteiger partial charge on any atom is 0.336 e. The Balaban J connectivity index is 3.01. The molecular weight excluding hydrogens is 226 g/mol. The largest absolute Gasteiger partial charge is 0.868 e. The van der Waals surface area contributed by atoms with Crippen LogP contribution < -0.4 is 10.7 Å². The molecule has 0 aliphatic carbocycles. The molecule has 2 aromatic rings. The van der Waals surface area contributed by atoms with Gasteiger partial charge in [0.05, 0.1) is 4.92 Å². The maximum atomic E-state index is 11.6. The van der Waals surface area contributed by atoms with E-state index < -0.39 is 22.0 Å². The van der Waals surface area contributed by atoms with Crippen molar-refractivity contribution >= 4 is 16.7 Å². The fourth-order valence-corrected chi connectivity index (χ4v) is 1.71. The van der Waals surface area contributed by atoms with E-state index in [9.17, 15) is 20.0 Å². The minimum atomic E-state index is -0.737. The zero-order valence-corrected chi connectivity index (χ0v) is 9.14. The summed E-state index contributed by atoms with van der Waals surface area (Å²) in [4.78, 5) is 21.2. The van der Waals surface area contributed by atoms with Crippen molar-refractivity contribution in [2.75, 3.05) is 0 Å². The third-order valence-corrected chi connectivity index (χ3v) is 2.60. The van der Waals surface area contributed by atoms with Gasteiger partial charge in [0.1, 0.15) is 5.58 Å². The highest BCUT2D eigenvalue weighted by molar-refractivity contribution is 5.88. The quantitative estimate of drug-likeness (QED) is 0.422. The van der Waals surface area contributed by atoms with Crippen molar-refractivity contribution in [3.05, 3.63) is 43.8 Å². The molecule has 1 aromatic carbocycles. The van der Waals surface area contributed by atoms with Crippen LogP contribution in [0.25, 0.3) is 11.0 Å². The fraction of sp³-hybridized carbons (Fsp3) is 0.182. The molecule has 6 heteroatoms. The van der Waals surface area contributed by atoms with E-state index in [1.807, 2.05) is 0 Å². The fourth-order valence-electron chi connectivity index (χ4n) is 1.71. The zero-order valence-electron chi connectivity index (χ0n) is 9.14. The van der Waals surface area contributed by atoms with Crippen LogP contribution in [0.1, 0.15) is 11.1 Å². The highest BCUT2D eigenvalue weighted by Crippen LogP contribution is 2.34. The molecule has 2 rings (SSSR count). The number of hydrogen-bond acceptors (Lipinski definition) is 5. The number of benzene rings is 1. The molecule has 0 radical (unpaired) electrons. The lowest BCUT2D eigenvalue weighted by atomic mass is 10.1. The molecule has 0 aliphatic rings. The van der Waals surface area contributed by atoms with Gasteiger partial charge in [-0.1, -0.05) is 0 Å². The molecule has 1 heterocycles. The van der Waals surface area contributed by atoms with Crippen molar-refractivity contribution in [2.24, 2.45) is 0 Å². The summed E-state index contributed by atoms with van der Waals surface area (Å²) < 4.78 is 4.91. The van der Waals surface area contributed by atoms with Crippen molar-refractivity contribution < 1.29 is 14.4 Å². The summed E-state index contributed by atoms with van der Waals surface area (Å²) in [7, 11) is 0. The number of aryl methyl sites for hydroxylation is 2. The first-order valence-electron chi connectivity index (χ1n) is 4.81. The smallest absolute Gasteiger partial charge is 0.336 e. The molecule has 0 atom stereocenters. The molecule has 0 saturated heterocycles. The second-order valence-corrected chi connectivity index (χ2v) is 3.73. The SMILES string of the molecule is Cc1cc(=O)oc2c(C)c([O-])c([N+](=O)[O-])cc12. The first kappa shape index (κ1) is 11.1. The van der Waals surface area contributed by atoms with E-state index in [1.54, 1.807) is 6.92 Å². The molecule has 17 heavy (non-hydrogen) atoms. The highest BCUT2D eigenvalue weighted by atomic mass is 16.6. The van der Waals surface area contributed by atoms with Crippen LogP contribution in [-0.2, 0) is 0 Å². The summed E-state index contributed by atoms with van der Waals surface area (Å²) >= 11 is 0. The third-order valence-electron chi connectivity index (χ3n) is 2.60. The first-order chi connectivity index (χ1) is 7.91. The van der Waals surface area contributed by atoms with E-state index in [2.05, 4.69) is 0 Å². The second-order valence-electron chi connectivity index (χ2n) is 3.73. The maximum absolute atomic E-state index is 11.6. The molecule has 0 unspecified atom stereocenters. The summed E-state index contributed by atoms with van der Waals surface area (Å²) in [6.45, 7) is 3.03. The second kappa shape index (κ2) is 3.58. The molecular formula is C11H8NO5-. The van der Waals surface area contributed by atoms with Crippen LogP contribution in [-0.4, -0.2) is 4.92 Å². The molecule has 0 spiro atoms. The molecule has 88 valence electrons. The van der Waals surface area contributed by atoms with Gasteiger partial charge in [0.2, 0.25) is 0 Å². The van der Waals surface area contributed by atoms with E-state index in [4.69, 9.17) is 4.42 Å². The summed E-state index contributed by atoms with van der Waals surface area (Å²) in [6, 6.07) is 2.37. The van der Waals surface area contributed by atoms with Crippen molar-refractivity contribution in [2.45, 2.75) is 13.8 Å². The number of rotatable bonds is 1. The summed E-state index contributed by atoms with van der Waals surface area (Å²) in [6.07, 6.45) is 0. The molecule has 0 fully saturated rings. The third kappa shape index (κ3) is 1.63. The predicted octanol–water partition coefficient (Wildman–Crippen LogP) is 1.39. The lowest BCUT2D eigenvalue weighted by Crippen LogP contribution is -2.04. The molecule has 0 N–H and O–H groups in total. The Hall–Kier alpha value is -2.37. The number of fused-ring (bicyclic) bond motifs is 1. The molecule has 0 bridgehead atoms. The minimum Gasteiger partial charge on any atom is -0.868 e. The van der Waals surface area contributed by atoms with Crippen LogP contribution in [0.5, 0.6) is 5.75 Å². The molecule has 0 saturated carbocycles. The van der Waals surface area contributed by atoms with Crippen LogP contribution in [0.3, 0.4) is 0 Å². The van der Waals surface area contributed by atoms with E-state index in [0.29, 0.717) is 10.9 Å². The Kier molecular flexibility index (Phi) is 2.35. The molecule has 0 amide bonds. The normalized spacial score (nSPS) is 10.7. The number of hydrogen-bond donors (Lipinski definition) is 0. The number of nitrogens with zero attached hydrogens (tertiary/aromatic N) is 1. The molecule has 6 nitrogen and oxygen atoms in total. The molecule has 0 aliphatic heterocycles. The van der Waals surface area contributed by atoms with E-state index in [0.717, 1.165) is 6.07 Å². The zero-order chi connectivity index (χ0) is 12.7. The summed E-state index contributed by atoms with van der Waals surface area (Å²) in [5.41, 5.74) is -0.346. The Morgan fingerprint density at radius 1 is 1.29 bits per heavy atom. The van der Waals surface area contributed by atoms with Gasteiger partial charge in [0.15, 0.2) is 0 Å². The van der Waals surface area contributed by atoms with Crippen LogP contribution in [0.15, 0.2) is 21.3 Å². The Bertz CT molecular complexity index is 686. The van der Waals surface area contributed by atoms with Crippen LogP contribution in [0, 0.1) is 24.0 Å². The summed E-state index contributed by atoms with van der Waals surface area (Å²) in [5.74, 6) is -0.726. The average molecular weight is 234 g/mol. The Morgan fingerprint density at radius 2 is 1.94 bits per heavy atom. The van der Waals surface area contributed by atoms with Crippen LogP contribution in [0.4, 0.5) is 5.69 Å². The summed E-state index contributed by atoms with van der Waals surface area (Å²) in [5, 5.41) is 22.8. The topological polar surface area (TPSA) is 96.4 Å². The van der Waals surface area contributed by atoms with E-state index in [1.165, 1.54) is 13.0 Å². The molecule has 1 aromatic heterocycles. The Labute approximate surface area is 95.3 Å². The van der Waals surface area contributed by atoms with Gasteiger partial charge < -0.3 is 9.52 Å². The van der Waals surface area contributed by atoms with E-state index >= 15 is 0 Å². The minimum absolute atomic E-state index is 0.0787. The monoisotopic (exact) mass is 234 g/mol. The first-order valence-corrected chi connectivity index (χ1v) is 4.81. The van der Waals surface area contributed by atoms with Crippen molar-refractivity contribution in [3.8, 4) is 5.75 Å². The standard InChI is InChI=1S/C11H9NO5/c1-5-3-9(13)17-11-6(2)10(14)8(12(15)16)4-7(5)11/h3-4,14H,1-2H3/p-1. The van der Waals surface area contributed by atoms with Crippen molar-refractivity contribution in [1.82, 2.24) is 0 Å². The highest BCUT2D eigenvalue weighted by Gasteiger charge is 2.15.